The van der Waals surface area contributed by atoms with Gasteiger partial charge in [-0.05, 0) is 19.9 Å². The van der Waals surface area contributed by atoms with Crippen LogP contribution in [0.3, 0.4) is 0 Å². The van der Waals surface area contributed by atoms with Gasteiger partial charge in [0.05, 0.1) is 7.11 Å². The van der Waals surface area contributed by atoms with E-state index in [1.54, 1.807) is 7.11 Å². The van der Waals surface area contributed by atoms with Crippen molar-refractivity contribution < 1.29 is 18.5 Å². The van der Waals surface area contributed by atoms with Crippen LogP contribution < -0.4 is 5.73 Å². The van der Waals surface area contributed by atoms with Crippen molar-refractivity contribution in [2.45, 2.75) is 25.6 Å². The molecule has 0 bridgehead atoms. The lowest BCUT2D eigenvalue weighted by Gasteiger charge is -2.20. The fourth-order valence-corrected chi connectivity index (χ4v) is 1.98. The average molecular weight is 242 g/mol. The molecule has 0 radical (unpaired) electrons. The molecule has 0 amide bonds. The van der Waals surface area contributed by atoms with Crippen molar-refractivity contribution >= 4 is 7.72 Å². The fourth-order valence-electron chi connectivity index (χ4n) is 0.963. The Morgan fingerprint density at radius 1 is 1.53 bits per heavy atom. The molecular formula is C9H22FNO3P+. The molecular weight excluding hydrogens is 220 g/mol. The lowest BCUT2D eigenvalue weighted by atomic mass is 10.2. The molecule has 0 heterocycles. The number of aliphatic hydroxyl groups is 1. The van der Waals surface area contributed by atoms with Crippen molar-refractivity contribution in [2.75, 3.05) is 33.1 Å². The highest BCUT2D eigenvalue weighted by atomic mass is 31.2. The molecule has 0 aliphatic carbocycles. The van der Waals surface area contributed by atoms with Crippen LogP contribution in [0.1, 0.15) is 13.3 Å². The first kappa shape index (κ1) is 15.2. The van der Waals surface area contributed by atoms with Crippen LogP contribution in [0.5, 0.6) is 0 Å². The van der Waals surface area contributed by atoms with Gasteiger partial charge in [0.2, 0.25) is 0 Å². The van der Waals surface area contributed by atoms with Gasteiger partial charge in [-0.3, -0.25) is 0 Å². The summed E-state index contributed by atoms with van der Waals surface area (Å²) in [6.45, 7) is 3.99. The third-order valence-corrected chi connectivity index (χ3v) is 4.96. The van der Waals surface area contributed by atoms with Crippen LogP contribution in [-0.2, 0) is 9.05 Å². The predicted octanol–water partition coefficient (Wildman–Crippen LogP) is 1.19. The quantitative estimate of drug-likeness (QED) is 0.628. The summed E-state index contributed by atoms with van der Waals surface area (Å²) >= 11 is 0. The number of nitrogens with two attached hydrogens (primary N) is 1. The zero-order valence-corrected chi connectivity index (χ0v) is 10.5. The Morgan fingerprint density at radius 3 is 2.53 bits per heavy atom. The standard InChI is InChI=1S/C9H22FNO3P/c1-4-15(3,13-2)14-7-9(12)8(10)5-6-11/h8-9,12H,4-7,11H2,1-3H3/q+1. The van der Waals surface area contributed by atoms with Gasteiger partial charge in [-0.25, -0.2) is 13.4 Å². The normalized spacial score (nSPS) is 19.6. The van der Waals surface area contributed by atoms with E-state index in [0.29, 0.717) is 0 Å². The first-order chi connectivity index (χ1) is 6.99. The highest BCUT2D eigenvalue weighted by Gasteiger charge is 2.34. The first-order valence-electron chi connectivity index (χ1n) is 5.07. The third kappa shape index (κ3) is 5.73. The summed E-state index contributed by atoms with van der Waals surface area (Å²) in [6, 6.07) is 0. The zero-order valence-electron chi connectivity index (χ0n) is 9.65. The van der Waals surface area contributed by atoms with E-state index in [0.717, 1.165) is 6.16 Å². The summed E-state index contributed by atoms with van der Waals surface area (Å²) in [6.07, 6.45) is -1.55. The van der Waals surface area contributed by atoms with Gasteiger partial charge in [-0.15, -0.1) is 0 Å². The largest absolute Gasteiger partial charge is 0.387 e. The van der Waals surface area contributed by atoms with E-state index in [2.05, 4.69) is 0 Å². The van der Waals surface area contributed by atoms with Gasteiger partial charge in [0.25, 0.3) is 7.72 Å². The predicted molar refractivity (Wildman–Crippen MR) is 60.9 cm³/mol. The van der Waals surface area contributed by atoms with Crippen LogP contribution >= 0.6 is 7.72 Å². The molecule has 0 aromatic rings. The van der Waals surface area contributed by atoms with Gasteiger partial charge in [-0.1, -0.05) is 0 Å². The summed E-state index contributed by atoms with van der Waals surface area (Å²) in [5, 5.41) is 9.41. The topological polar surface area (TPSA) is 64.7 Å². The van der Waals surface area contributed by atoms with Crippen LogP contribution in [0.4, 0.5) is 4.39 Å². The van der Waals surface area contributed by atoms with Crippen molar-refractivity contribution in [3.8, 4) is 0 Å². The maximum atomic E-state index is 13.1. The molecule has 0 aliphatic heterocycles. The zero-order chi connectivity index (χ0) is 11.9. The molecule has 0 aromatic carbocycles. The first-order valence-corrected chi connectivity index (χ1v) is 7.32. The Kier molecular flexibility index (Phi) is 7.57. The van der Waals surface area contributed by atoms with E-state index in [1.807, 2.05) is 13.6 Å². The molecule has 92 valence electrons. The molecule has 0 saturated heterocycles. The molecule has 0 spiro atoms. The Balaban J connectivity index is 3.92. The fraction of sp³-hybridized carbons (Fsp3) is 1.00. The second kappa shape index (κ2) is 7.47. The van der Waals surface area contributed by atoms with E-state index in [-0.39, 0.29) is 19.6 Å². The second-order valence-electron chi connectivity index (χ2n) is 3.47. The minimum absolute atomic E-state index is 0.0346. The Bertz CT molecular complexity index is 169. The molecule has 4 nitrogen and oxygen atoms in total. The number of alkyl halides is 1. The summed E-state index contributed by atoms with van der Waals surface area (Å²) in [5.41, 5.74) is 5.19. The molecule has 15 heavy (non-hydrogen) atoms. The Morgan fingerprint density at radius 2 is 2.13 bits per heavy atom. The number of halogens is 1. The lowest BCUT2D eigenvalue weighted by molar-refractivity contribution is 0.0323. The van der Waals surface area contributed by atoms with Crippen molar-refractivity contribution in [1.82, 2.24) is 0 Å². The van der Waals surface area contributed by atoms with E-state index in [9.17, 15) is 9.50 Å². The van der Waals surface area contributed by atoms with Gasteiger partial charge in [0.15, 0.2) is 0 Å². The van der Waals surface area contributed by atoms with E-state index < -0.39 is 20.0 Å². The molecule has 3 atom stereocenters. The second-order valence-corrected chi connectivity index (χ2v) is 6.75. The molecule has 6 heteroatoms. The van der Waals surface area contributed by atoms with Crippen LogP contribution in [0, 0.1) is 0 Å². The number of aliphatic hydroxyl groups excluding tert-OH is 1. The molecule has 3 unspecified atom stereocenters. The third-order valence-electron chi connectivity index (χ3n) is 2.34. The highest BCUT2D eigenvalue weighted by Crippen LogP contribution is 2.56. The Labute approximate surface area is 91.4 Å². The maximum Gasteiger partial charge on any atom is 0.271 e. The van der Waals surface area contributed by atoms with Gasteiger partial charge < -0.3 is 10.8 Å². The van der Waals surface area contributed by atoms with Crippen LogP contribution in [0.25, 0.3) is 0 Å². The van der Waals surface area contributed by atoms with Gasteiger partial charge in [0, 0.05) is 0 Å². The number of rotatable bonds is 8. The molecule has 0 fully saturated rings. The molecule has 0 rings (SSSR count). The van der Waals surface area contributed by atoms with Gasteiger partial charge >= 0.3 is 0 Å². The van der Waals surface area contributed by atoms with Crippen LogP contribution in [0.15, 0.2) is 0 Å². The summed E-state index contributed by atoms with van der Waals surface area (Å²) in [5.74, 6) is 0. The van der Waals surface area contributed by atoms with E-state index >= 15 is 0 Å². The SMILES string of the molecule is CC[P+](C)(OC)OCC(O)C(F)CCN. The number of hydrogen-bond acceptors (Lipinski definition) is 4. The Hall–Kier alpha value is 0.200. The molecule has 0 saturated carbocycles. The summed E-state index contributed by atoms with van der Waals surface area (Å²) < 4.78 is 23.8. The minimum atomic E-state index is -1.90. The maximum absolute atomic E-state index is 13.1. The van der Waals surface area contributed by atoms with Crippen molar-refractivity contribution in [3.63, 3.8) is 0 Å². The van der Waals surface area contributed by atoms with Crippen molar-refractivity contribution in [3.05, 3.63) is 0 Å². The van der Waals surface area contributed by atoms with E-state index in [4.69, 9.17) is 14.8 Å². The minimum Gasteiger partial charge on any atom is -0.387 e. The van der Waals surface area contributed by atoms with Gasteiger partial charge in [0.1, 0.15) is 31.7 Å². The molecule has 3 N–H and O–H groups in total. The summed E-state index contributed by atoms with van der Waals surface area (Å²) in [7, 11) is -0.336. The lowest BCUT2D eigenvalue weighted by Crippen LogP contribution is -2.29. The molecule has 0 aliphatic rings. The van der Waals surface area contributed by atoms with E-state index in [1.165, 1.54) is 0 Å². The smallest absolute Gasteiger partial charge is 0.271 e. The summed E-state index contributed by atoms with van der Waals surface area (Å²) in [4.78, 5) is 0. The van der Waals surface area contributed by atoms with Crippen molar-refractivity contribution in [2.24, 2.45) is 5.73 Å². The monoisotopic (exact) mass is 242 g/mol. The molecule has 0 aromatic heterocycles. The number of hydrogen-bond donors (Lipinski definition) is 2. The van der Waals surface area contributed by atoms with Gasteiger partial charge in [-0.2, -0.15) is 0 Å². The highest BCUT2D eigenvalue weighted by molar-refractivity contribution is 7.65. The van der Waals surface area contributed by atoms with Crippen LogP contribution in [0.2, 0.25) is 0 Å². The van der Waals surface area contributed by atoms with Crippen LogP contribution in [-0.4, -0.2) is 50.5 Å². The average Bonchev–Trinajstić information content (AvgIpc) is 2.25. The van der Waals surface area contributed by atoms with Crippen molar-refractivity contribution in [1.29, 1.82) is 0 Å².